The fourth-order valence-electron chi connectivity index (χ4n) is 3.28. The van der Waals surface area contributed by atoms with Crippen molar-refractivity contribution in [1.82, 2.24) is 25.1 Å². The van der Waals surface area contributed by atoms with E-state index in [4.69, 9.17) is 0 Å². The van der Waals surface area contributed by atoms with E-state index >= 15 is 0 Å². The predicted molar refractivity (Wildman–Crippen MR) is 88.6 cm³/mol. The first-order chi connectivity index (χ1) is 12.5. The molecule has 1 aliphatic rings. The van der Waals surface area contributed by atoms with Gasteiger partial charge in [0.1, 0.15) is 17.7 Å². The number of likely N-dealkylation sites (tertiary alicyclic amines) is 1. The van der Waals surface area contributed by atoms with Crippen LogP contribution < -0.4 is 0 Å². The number of amides is 1. The zero-order valence-corrected chi connectivity index (χ0v) is 14.4. The number of halogens is 1. The minimum Gasteiger partial charge on any atom is -0.481 e. The van der Waals surface area contributed by atoms with E-state index < -0.39 is 17.9 Å². The van der Waals surface area contributed by atoms with E-state index in [9.17, 15) is 19.1 Å². The number of aryl methyl sites for hydroxylation is 1. The maximum atomic E-state index is 13.5. The summed E-state index contributed by atoms with van der Waals surface area (Å²) in [6.45, 7) is 2.33. The van der Waals surface area contributed by atoms with Gasteiger partial charge in [-0.25, -0.2) is 9.07 Å². The van der Waals surface area contributed by atoms with E-state index in [1.54, 1.807) is 24.0 Å². The molecule has 138 valence electrons. The van der Waals surface area contributed by atoms with Gasteiger partial charge in [-0.15, -0.1) is 5.10 Å². The molecule has 0 spiro atoms. The van der Waals surface area contributed by atoms with E-state index in [-0.39, 0.29) is 24.7 Å². The van der Waals surface area contributed by atoms with Crippen LogP contribution in [0.1, 0.15) is 30.3 Å². The number of carboxylic acid groups (broad SMARTS) is 1. The number of nitrogens with zero attached hydrogens (tertiary/aromatic N) is 5. The lowest BCUT2D eigenvalue weighted by Crippen LogP contribution is -2.46. The molecule has 0 bridgehead atoms. The SMILES string of the molecule is Cc1nnnn1C(Cc1cccc(F)c1)C(=O)N1CCCC(C(=O)O)C1. The number of hydrogen-bond acceptors (Lipinski definition) is 5. The Morgan fingerprint density at radius 1 is 1.42 bits per heavy atom. The number of tetrazole rings is 1. The largest absolute Gasteiger partial charge is 0.481 e. The molecule has 2 heterocycles. The van der Waals surface area contributed by atoms with Gasteiger partial charge >= 0.3 is 5.97 Å². The Hall–Kier alpha value is -2.84. The van der Waals surface area contributed by atoms with Gasteiger partial charge in [0.15, 0.2) is 0 Å². The Bertz CT molecular complexity index is 809. The van der Waals surface area contributed by atoms with Crippen LogP contribution in [0.15, 0.2) is 24.3 Å². The molecule has 2 aromatic rings. The van der Waals surface area contributed by atoms with Crippen LogP contribution in [0.4, 0.5) is 4.39 Å². The summed E-state index contributed by atoms with van der Waals surface area (Å²) >= 11 is 0. The van der Waals surface area contributed by atoms with E-state index in [0.29, 0.717) is 30.8 Å². The van der Waals surface area contributed by atoms with Crippen LogP contribution in [-0.2, 0) is 16.0 Å². The third-order valence-electron chi connectivity index (χ3n) is 4.64. The number of rotatable bonds is 5. The maximum absolute atomic E-state index is 13.5. The van der Waals surface area contributed by atoms with E-state index in [1.807, 2.05) is 0 Å². The highest BCUT2D eigenvalue weighted by atomic mass is 19.1. The Morgan fingerprint density at radius 2 is 2.23 bits per heavy atom. The second-order valence-corrected chi connectivity index (χ2v) is 6.48. The molecule has 0 aliphatic carbocycles. The minimum atomic E-state index is -0.900. The third-order valence-corrected chi connectivity index (χ3v) is 4.64. The van der Waals surface area contributed by atoms with Gasteiger partial charge in [-0.3, -0.25) is 9.59 Å². The Balaban J connectivity index is 1.86. The van der Waals surface area contributed by atoms with Gasteiger partial charge in [0.25, 0.3) is 0 Å². The molecular formula is C17H20FN5O3. The summed E-state index contributed by atoms with van der Waals surface area (Å²) in [6, 6.07) is 5.28. The van der Waals surface area contributed by atoms with E-state index in [1.165, 1.54) is 16.8 Å². The first kappa shape index (κ1) is 18.0. The first-order valence-corrected chi connectivity index (χ1v) is 8.46. The van der Waals surface area contributed by atoms with Gasteiger partial charge in [-0.1, -0.05) is 12.1 Å². The fraction of sp³-hybridized carbons (Fsp3) is 0.471. The van der Waals surface area contributed by atoms with Crippen molar-refractivity contribution in [2.24, 2.45) is 5.92 Å². The monoisotopic (exact) mass is 361 g/mol. The molecular weight excluding hydrogens is 341 g/mol. The van der Waals surface area contributed by atoms with Crippen LogP contribution in [0.3, 0.4) is 0 Å². The van der Waals surface area contributed by atoms with Crippen molar-refractivity contribution in [2.45, 2.75) is 32.2 Å². The highest BCUT2D eigenvalue weighted by molar-refractivity contribution is 5.82. The molecule has 2 atom stereocenters. The lowest BCUT2D eigenvalue weighted by atomic mass is 9.96. The molecule has 26 heavy (non-hydrogen) atoms. The van der Waals surface area contributed by atoms with Crippen LogP contribution in [0.25, 0.3) is 0 Å². The molecule has 1 saturated heterocycles. The van der Waals surface area contributed by atoms with Crippen molar-refractivity contribution in [3.8, 4) is 0 Å². The van der Waals surface area contributed by atoms with Crippen LogP contribution in [0.5, 0.6) is 0 Å². The van der Waals surface area contributed by atoms with E-state index in [2.05, 4.69) is 15.5 Å². The summed E-state index contributed by atoms with van der Waals surface area (Å²) in [4.78, 5) is 26.0. The molecule has 1 N–H and O–H groups in total. The maximum Gasteiger partial charge on any atom is 0.308 e. The van der Waals surface area contributed by atoms with Crippen molar-refractivity contribution in [1.29, 1.82) is 0 Å². The van der Waals surface area contributed by atoms with Gasteiger partial charge in [-0.2, -0.15) is 0 Å². The van der Waals surface area contributed by atoms with Gasteiger partial charge in [0.2, 0.25) is 5.91 Å². The summed E-state index contributed by atoms with van der Waals surface area (Å²) in [5.41, 5.74) is 0.644. The molecule has 1 aliphatic heterocycles. The predicted octanol–water partition coefficient (Wildman–Crippen LogP) is 1.23. The molecule has 8 nitrogen and oxygen atoms in total. The fourth-order valence-corrected chi connectivity index (χ4v) is 3.28. The van der Waals surface area contributed by atoms with Gasteiger partial charge < -0.3 is 10.0 Å². The van der Waals surface area contributed by atoms with Crippen molar-refractivity contribution < 1.29 is 19.1 Å². The van der Waals surface area contributed by atoms with Crippen LogP contribution in [0.2, 0.25) is 0 Å². The lowest BCUT2D eigenvalue weighted by Gasteiger charge is -2.33. The van der Waals surface area contributed by atoms with Crippen LogP contribution >= 0.6 is 0 Å². The summed E-state index contributed by atoms with van der Waals surface area (Å²) in [5.74, 6) is -1.64. The number of aromatic nitrogens is 4. The van der Waals surface area contributed by atoms with Crippen molar-refractivity contribution in [3.63, 3.8) is 0 Å². The Labute approximate surface area is 149 Å². The van der Waals surface area contributed by atoms with E-state index in [0.717, 1.165) is 0 Å². The smallest absolute Gasteiger partial charge is 0.308 e. The van der Waals surface area contributed by atoms with Crippen molar-refractivity contribution in [3.05, 3.63) is 41.5 Å². The number of benzene rings is 1. The number of hydrogen-bond donors (Lipinski definition) is 1. The van der Waals surface area contributed by atoms with Crippen LogP contribution in [-0.4, -0.2) is 55.2 Å². The second-order valence-electron chi connectivity index (χ2n) is 6.48. The molecule has 0 radical (unpaired) electrons. The van der Waals surface area contributed by atoms with Crippen molar-refractivity contribution >= 4 is 11.9 Å². The number of aliphatic carboxylic acids is 1. The second kappa shape index (κ2) is 7.59. The number of carboxylic acids is 1. The number of carbonyl (C=O) groups is 2. The molecule has 3 rings (SSSR count). The zero-order chi connectivity index (χ0) is 18.7. The Morgan fingerprint density at radius 3 is 2.88 bits per heavy atom. The number of carbonyl (C=O) groups excluding carboxylic acids is 1. The summed E-state index contributed by atoms with van der Waals surface area (Å²) < 4.78 is 14.9. The average molecular weight is 361 g/mol. The topological polar surface area (TPSA) is 101 Å². The standard InChI is InChI=1S/C17H20FN5O3/c1-11-19-20-21-23(11)15(9-12-4-2-6-14(18)8-12)16(24)22-7-3-5-13(10-22)17(25)26/h2,4,6,8,13,15H,3,5,7,9-10H2,1H3,(H,25,26). The zero-order valence-electron chi connectivity index (χ0n) is 14.4. The molecule has 1 aromatic heterocycles. The average Bonchev–Trinajstić information content (AvgIpc) is 3.05. The number of piperidine rings is 1. The van der Waals surface area contributed by atoms with Crippen LogP contribution in [0, 0.1) is 18.7 Å². The van der Waals surface area contributed by atoms with Gasteiger partial charge in [0.05, 0.1) is 5.92 Å². The summed E-state index contributed by atoms with van der Waals surface area (Å²) in [5, 5.41) is 20.6. The molecule has 0 saturated carbocycles. The van der Waals surface area contributed by atoms with Crippen molar-refractivity contribution in [2.75, 3.05) is 13.1 Å². The van der Waals surface area contributed by atoms with Gasteiger partial charge in [-0.05, 0) is 47.9 Å². The Kier molecular flexibility index (Phi) is 5.24. The van der Waals surface area contributed by atoms with Gasteiger partial charge in [0, 0.05) is 19.5 Å². The normalized spacial score (nSPS) is 18.5. The summed E-state index contributed by atoms with van der Waals surface area (Å²) in [6.07, 6.45) is 1.40. The molecule has 2 unspecified atom stereocenters. The highest BCUT2D eigenvalue weighted by Crippen LogP contribution is 2.23. The first-order valence-electron chi connectivity index (χ1n) is 8.46. The quantitative estimate of drug-likeness (QED) is 0.859. The minimum absolute atomic E-state index is 0.162. The summed E-state index contributed by atoms with van der Waals surface area (Å²) in [7, 11) is 0. The lowest BCUT2D eigenvalue weighted by molar-refractivity contribution is -0.146. The highest BCUT2D eigenvalue weighted by Gasteiger charge is 2.33. The molecule has 9 heteroatoms. The molecule has 1 aromatic carbocycles. The molecule has 1 fully saturated rings. The third kappa shape index (κ3) is 3.87. The molecule has 1 amide bonds.